The fourth-order valence-corrected chi connectivity index (χ4v) is 7.28. The lowest BCUT2D eigenvalue weighted by atomic mass is 10.1. The monoisotopic (exact) mass is 647 g/mol. The van der Waals surface area contributed by atoms with E-state index in [-0.39, 0.29) is 23.4 Å². The molecule has 0 radical (unpaired) electrons. The molecule has 3 aromatic rings. The number of rotatable bonds is 11. The summed E-state index contributed by atoms with van der Waals surface area (Å²) in [6.45, 7) is 2.94. The van der Waals surface area contributed by atoms with Crippen molar-refractivity contribution >= 4 is 62.5 Å². The number of sulfonamides is 1. The van der Waals surface area contributed by atoms with E-state index in [4.69, 9.17) is 23.2 Å². The molecule has 3 aromatic carbocycles. The third kappa shape index (κ3) is 7.61. The lowest BCUT2D eigenvalue weighted by Gasteiger charge is -2.33. The zero-order chi connectivity index (χ0) is 30.4. The molecule has 1 aliphatic carbocycles. The molecule has 2 amide bonds. The molecular weight excluding hydrogens is 613 g/mol. The molecule has 0 spiro atoms. The van der Waals surface area contributed by atoms with Crippen LogP contribution in [0.15, 0.2) is 76.5 Å². The number of carbonyl (C=O) groups excluding carboxylic acids is 2. The van der Waals surface area contributed by atoms with E-state index >= 15 is 0 Å². The van der Waals surface area contributed by atoms with Gasteiger partial charge in [-0.1, -0.05) is 59.8 Å². The number of nitrogens with one attached hydrogen (secondary N) is 1. The van der Waals surface area contributed by atoms with Crippen LogP contribution in [0.1, 0.15) is 43.7 Å². The number of halogens is 2. The predicted molar refractivity (Wildman–Crippen MR) is 171 cm³/mol. The highest BCUT2D eigenvalue weighted by Crippen LogP contribution is 2.29. The molecule has 1 saturated carbocycles. The number of hydrogen-bond acceptors (Lipinski definition) is 5. The summed E-state index contributed by atoms with van der Waals surface area (Å²) in [6.07, 6.45) is 5.76. The van der Waals surface area contributed by atoms with Gasteiger partial charge >= 0.3 is 0 Å². The molecule has 1 atom stereocenters. The van der Waals surface area contributed by atoms with Crippen molar-refractivity contribution < 1.29 is 18.0 Å². The maximum atomic E-state index is 14.1. The third-order valence-electron chi connectivity index (χ3n) is 7.51. The van der Waals surface area contributed by atoms with E-state index in [0.717, 1.165) is 40.4 Å². The summed E-state index contributed by atoms with van der Waals surface area (Å²) in [4.78, 5) is 29.8. The average Bonchev–Trinajstić information content (AvgIpc) is 3.49. The number of thioether (sulfide) groups is 1. The zero-order valence-electron chi connectivity index (χ0n) is 23.8. The smallest absolute Gasteiger partial charge is 0.264 e. The number of carbonyl (C=O) groups is 2. The Hall–Kier alpha value is -2.72. The first-order valence-corrected chi connectivity index (χ1v) is 17.2. The van der Waals surface area contributed by atoms with Crippen molar-refractivity contribution in [2.24, 2.45) is 0 Å². The molecule has 1 unspecified atom stereocenters. The van der Waals surface area contributed by atoms with E-state index in [1.54, 1.807) is 61.5 Å². The second-order valence-corrected chi connectivity index (χ2v) is 14.0. The molecule has 0 aliphatic heterocycles. The zero-order valence-corrected chi connectivity index (χ0v) is 27.0. The van der Waals surface area contributed by atoms with Gasteiger partial charge in [0.1, 0.15) is 12.6 Å². The van der Waals surface area contributed by atoms with Crippen LogP contribution in [-0.2, 0) is 26.2 Å². The second kappa shape index (κ2) is 14.2. The van der Waals surface area contributed by atoms with Crippen LogP contribution in [0.2, 0.25) is 10.0 Å². The van der Waals surface area contributed by atoms with Crippen molar-refractivity contribution in [3.63, 3.8) is 0 Å². The molecule has 1 aliphatic rings. The number of anilines is 1. The number of hydrogen-bond donors (Lipinski definition) is 1. The van der Waals surface area contributed by atoms with Crippen LogP contribution in [0, 0.1) is 6.92 Å². The van der Waals surface area contributed by atoms with Crippen LogP contribution in [0.25, 0.3) is 0 Å². The lowest BCUT2D eigenvalue weighted by Crippen LogP contribution is -2.52. The van der Waals surface area contributed by atoms with Crippen molar-refractivity contribution in [2.45, 2.75) is 68.0 Å². The molecule has 0 saturated heterocycles. The topological polar surface area (TPSA) is 86.8 Å². The van der Waals surface area contributed by atoms with Crippen LogP contribution in [0.4, 0.5) is 5.69 Å². The van der Waals surface area contributed by atoms with Crippen LogP contribution in [-0.4, -0.2) is 50.0 Å². The third-order valence-corrected chi connectivity index (χ3v) is 10.7. The van der Waals surface area contributed by atoms with Gasteiger partial charge in [-0.05, 0) is 81.5 Å². The van der Waals surface area contributed by atoms with Gasteiger partial charge in [0.2, 0.25) is 11.8 Å². The van der Waals surface area contributed by atoms with Gasteiger partial charge in [-0.15, -0.1) is 11.8 Å². The maximum Gasteiger partial charge on any atom is 0.264 e. The molecular formula is C31H35Cl2N3O4S2. The van der Waals surface area contributed by atoms with E-state index in [2.05, 4.69) is 5.32 Å². The van der Waals surface area contributed by atoms with Crippen molar-refractivity contribution in [3.8, 4) is 0 Å². The quantitative estimate of drug-likeness (QED) is 0.234. The van der Waals surface area contributed by atoms with Crippen molar-refractivity contribution in [3.05, 3.63) is 87.9 Å². The van der Waals surface area contributed by atoms with Gasteiger partial charge in [0.15, 0.2) is 0 Å². The van der Waals surface area contributed by atoms with Gasteiger partial charge in [-0.25, -0.2) is 8.42 Å². The molecule has 11 heteroatoms. The van der Waals surface area contributed by atoms with Crippen LogP contribution in [0.5, 0.6) is 0 Å². The van der Waals surface area contributed by atoms with E-state index in [9.17, 15) is 18.0 Å². The van der Waals surface area contributed by atoms with E-state index < -0.39 is 28.5 Å². The molecule has 4 rings (SSSR count). The van der Waals surface area contributed by atoms with Crippen LogP contribution in [0.3, 0.4) is 0 Å². The van der Waals surface area contributed by atoms with E-state index in [0.29, 0.717) is 21.3 Å². The van der Waals surface area contributed by atoms with Crippen molar-refractivity contribution in [1.82, 2.24) is 10.2 Å². The van der Waals surface area contributed by atoms with Crippen molar-refractivity contribution in [1.29, 1.82) is 0 Å². The van der Waals surface area contributed by atoms with E-state index in [1.165, 1.54) is 28.8 Å². The first-order chi connectivity index (χ1) is 20.0. The first kappa shape index (κ1) is 32.2. The average molecular weight is 649 g/mol. The summed E-state index contributed by atoms with van der Waals surface area (Å²) in [7, 11) is -4.15. The van der Waals surface area contributed by atoms with Gasteiger partial charge < -0.3 is 10.2 Å². The molecule has 42 heavy (non-hydrogen) atoms. The Morgan fingerprint density at radius 1 is 0.976 bits per heavy atom. The van der Waals surface area contributed by atoms with Gasteiger partial charge in [-0.2, -0.15) is 0 Å². The van der Waals surface area contributed by atoms with E-state index in [1.807, 2.05) is 13.2 Å². The minimum absolute atomic E-state index is 0.0505. The number of nitrogens with zero attached hydrogens (tertiary/aromatic N) is 2. The maximum absolute atomic E-state index is 14.1. The molecule has 0 aromatic heterocycles. The first-order valence-electron chi connectivity index (χ1n) is 13.8. The number of amides is 2. The summed E-state index contributed by atoms with van der Waals surface area (Å²) < 4.78 is 29.1. The molecule has 0 heterocycles. The van der Waals surface area contributed by atoms with Gasteiger partial charge in [0, 0.05) is 33.1 Å². The minimum atomic E-state index is -4.15. The summed E-state index contributed by atoms with van der Waals surface area (Å²) in [5.74, 6) is -0.874. The number of benzene rings is 3. The normalized spacial score (nSPS) is 14.4. The highest BCUT2D eigenvalue weighted by Gasteiger charge is 2.34. The van der Waals surface area contributed by atoms with Gasteiger partial charge in [0.05, 0.1) is 10.6 Å². The van der Waals surface area contributed by atoms with Gasteiger partial charge in [0.25, 0.3) is 10.0 Å². The molecule has 7 nitrogen and oxygen atoms in total. The Kier molecular flexibility index (Phi) is 10.9. The Balaban J connectivity index is 1.71. The minimum Gasteiger partial charge on any atom is -0.352 e. The Bertz CT molecular complexity index is 1490. The molecule has 0 bridgehead atoms. The summed E-state index contributed by atoms with van der Waals surface area (Å²) in [5, 5.41) is 3.75. The highest BCUT2D eigenvalue weighted by molar-refractivity contribution is 7.98. The standard InChI is InChI=1S/C31H35Cl2N3O4S2/c1-21-11-13-24(14-12-21)36(42(39,40)26-17-15-25(41-3)16-18-26)20-30(37)35(19-27-28(32)9-6-10-29(27)33)22(2)31(38)34-23-7-4-5-8-23/h6,9-18,22-23H,4-5,7-8,19-20H2,1-3H3,(H,34,38). The highest BCUT2D eigenvalue weighted by atomic mass is 35.5. The molecule has 1 fully saturated rings. The number of aryl methyl sites for hydroxylation is 1. The SMILES string of the molecule is CSc1ccc(S(=O)(=O)N(CC(=O)N(Cc2c(Cl)cccc2Cl)C(C)C(=O)NC2CCCC2)c2ccc(C)cc2)cc1. The summed E-state index contributed by atoms with van der Waals surface area (Å²) in [6, 6.07) is 17.6. The Labute approximate surface area is 262 Å². The predicted octanol–water partition coefficient (Wildman–Crippen LogP) is 6.70. The summed E-state index contributed by atoms with van der Waals surface area (Å²) in [5.41, 5.74) is 1.76. The summed E-state index contributed by atoms with van der Waals surface area (Å²) >= 11 is 14.4. The van der Waals surface area contributed by atoms with Crippen LogP contribution < -0.4 is 9.62 Å². The van der Waals surface area contributed by atoms with Crippen molar-refractivity contribution in [2.75, 3.05) is 17.1 Å². The molecule has 1 N–H and O–H groups in total. The second-order valence-electron chi connectivity index (χ2n) is 10.4. The Morgan fingerprint density at radius 3 is 2.14 bits per heavy atom. The fraction of sp³-hybridized carbons (Fsp3) is 0.355. The fourth-order valence-electron chi connectivity index (χ4n) is 4.94. The Morgan fingerprint density at radius 2 is 1.57 bits per heavy atom. The molecule has 224 valence electrons. The van der Waals surface area contributed by atoms with Gasteiger partial charge in [-0.3, -0.25) is 13.9 Å². The van der Waals surface area contributed by atoms with Crippen LogP contribution >= 0.6 is 35.0 Å². The lowest BCUT2D eigenvalue weighted by molar-refractivity contribution is -0.139. The largest absolute Gasteiger partial charge is 0.352 e.